The number of ether oxygens (including phenoxy) is 1. The number of amides is 1. The number of nitrogens with one attached hydrogen (secondary N) is 1. The fourth-order valence-electron chi connectivity index (χ4n) is 5.38. The molecule has 4 atom stereocenters. The van der Waals surface area contributed by atoms with E-state index in [0.29, 0.717) is 59.8 Å². The number of imidazole rings is 1. The number of carbonyl (C=O) groups excluding carboxylic acids is 1. The van der Waals surface area contributed by atoms with E-state index in [4.69, 9.17) is 16.3 Å². The van der Waals surface area contributed by atoms with Crippen LogP contribution in [-0.2, 0) is 0 Å². The van der Waals surface area contributed by atoms with Crippen LogP contribution in [0.15, 0.2) is 54.6 Å². The number of likely N-dealkylation sites (tertiary alicyclic amines) is 1. The minimum Gasteiger partial charge on any atom is -0.459 e. The van der Waals surface area contributed by atoms with E-state index in [1.165, 1.54) is 0 Å². The molecule has 0 unspecified atom stereocenters. The molecule has 4 N–H and O–H groups in total. The Hall–Kier alpha value is -3.50. The Morgan fingerprint density at radius 1 is 1.00 bits per heavy atom. The lowest BCUT2D eigenvalue weighted by Crippen LogP contribution is -2.31. The van der Waals surface area contributed by atoms with E-state index in [1.54, 1.807) is 11.0 Å². The summed E-state index contributed by atoms with van der Waals surface area (Å²) in [5.41, 5.74) is 5.05. The zero-order valence-electron chi connectivity index (χ0n) is 21.1. The smallest absolute Gasteiger partial charge is 0.296 e. The van der Waals surface area contributed by atoms with Gasteiger partial charge in [0.15, 0.2) is 5.65 Å². The number of halogens is 1. The van der Waals surface area contributed by atoms with Gasteiger partial charge in [-0.1, -0.05) is 48.0 Å². The molecule has 2 aromatic heterocycles. The van der Waals surface area contributed by atoms with Crippen LogP contribution in [-0.4, -0.2) is 79.1 Å². The van der Waals surface area contributed by atoms with E-state index in [-0.39, 0.29) is 24.4 Å². The third-order valence-corrected chi connectivity index (χ3v) is 7.95. The number of aliphatic hydroxyl groups is 3. The molecule has 202 valence electrons. The van der Waals surface area contributed by atoms with Gasteiger partial charge in [-0.05, 0) is 48.6 Å². The Kier molecular flexibility index (Phi) is 6.99. The van der Waals surface area contributed by atoms with Crippen molar-refractivity contribution in [3.05, 3.63) is 65.2 Å². The van der Waals surface area contributed by atoms with Gasteiger partial charge in [0.05, 0.1) is 28.4 Å². The summed E-state index contributed by atoms with van der Waals surface area (Å²) in [6, 6.07) is 17.3. The lowest BCUT2D eigenvalue weighted by Gasteiger charge is -2.17. The predicted octanol–water partition coefficient (Wildman–Crippen LogP) is 3.66. The quantitative estimate of drug-likeness (QED) is 0.289. The molecular formula is C29H29ClN4O5. The highest BCUT2D eigenvalue weighted by molar-refractivity contribution is 6.33. The summed E-state index contributed by atoms with van der Waals surface area (Å²) in [5, 5.41) is 29.9. The lowest BCUT2D eigenvalue weighted by atomic mass is 10.0. The fourth-order valence-corrected chi connectivity index (χ4v) is 5.64. The number of H-pyrrole nitrogens is 1. The van der Waals surface area contributed by atoms with Crippen LogP contribution in [0.2, 0.25) is 5.02 Å². The molecule has 0 radical (unpaired) electrons. The second-order valence-electron chi connectivity index (χ2n) is 10.2. The van der Waals surface area contributed by atoms with Crippen molar-refractivity contribution < 1.29 is 24.9 Å². The average molecular weight is 549 g/mol. The van der Waals surface area contributed by atoms with Gasteiger partial charge in [-0.3, -0.25) is 4.79 Å². The molecule has 2 aromatic carbocycles. The van der Waals surface area contributed by atoms with Gasteiger partial charge in [0.25, 0.3) is 11.9 Å². The molecule has 1 amide bonds. The van der Waals surface area contributed by atoms with Gasteiger partial charge in [0, 0.05) is 36.7 Å². The Labute approximate surface area is 230 Å². The number of hydrogen-bond donors (Lipinski definition) is 4. The molecule has 3 heterocycles. The molecule has 2 aliphatic rings. The second-order valence-corrected chi connectivity index (χ2v) is 10.7. The number of hydrogen-bond acceptors (Lipinski definition) is 7. The van der Waals surface area contributed by atoms with Gasteiger partial charge in [0.1, 0.15) is 6.10 Å². The molecule has 39 heavy (non-hydrogen) atoms. The van der Waals surface area contributed by atoms with E-state index >= 15 is 0 Å². The molecular weight excluding hydrogens is 520 g/mol. The normalized spacial score (nSPS) is 23.0. The van der Waals surface area contributed by atoms with Crippen LogP contribution in [0, 0.1) is 5.92 Å². The number of carbonyl (C=O) groups is 1. The monoisotopic (exact) mass is 548 g/mol. The first-order chi connectivity index (χ1) is 18.9. The van der Waals surface area contributed by atoms with Gasteiger partial charge in [-0.2, -0.15) is 4.98 Å². The van der Waals surface area contributed by atoms with Crippen molar-refractivity contribution in [2.75, 3.05) is 19.7 Å². The first-order valence-electron chi connectivity index (χ1n) is 13.1. The maximum atomic E-state index is 12.7. The van der Waals surface area contributed by atoms with Crippen molar-refractivity contribution in [2.24, 2.45) is 5.92 Å². The van der Waals surface area contributed by atoms with Crippen molar-refractivity contribution in [1.29, 1.82) is 0 Å². The summed E-state index contributed by atoms with van der Waals surface area (Å²) in [4.78, 5) is 26.5. The minimum absolute atomic E-state index is 0.0646. The van der Waals surface area contributed by atoms with E-state index in [0.717, 1.165) is 16.7 Å². The number of rotatable bonds is 6. The zero-order chi connectivity index (χ0) is 27.1. The molecule has 4 aromatic rings. The van der Waals surface area contributed by atoms with E-state index in [1.807, 2.05) is 48.5 Å². The van der Waals surface area contributed by atoms with Gasteiger partial charge in [0.2, 0.25) is 0 Å². The Balaban J connectivity index is 1.18. The zero-order valence-corrected chi connectivity index (χ0v) is 21.9. The van der Waals surface area contributed by atoms with E-state index in [2.05, 4.69) is 15.0 Å². The summed E-state index contributed by atoms with van der Waals surface area (Å²) >= 11 is 6.57. The first kappa shape index (κ1) is 25.8. The largest absolute Gasteiger partial charge is 0.459 e. The summed E-state index contributed by atoms with van der Waals surface area (Å²) in [5.74, 6) is -0.253. The second kappa shape index (κ2) is 10.6. The van der Waals surface area contributed by atoms with Crippen LogP contribution in [0.3, 0.4) is 0 Å². The SMILES string of the molecule is O=C(c1ccc(-c2ccc(-c3nc4nc(O[C@@H]5CC[C@H](CO)[C@H]5O)[nH]c4cc3Cl)cc2)cc1)N1CC[C@@H](O)C1. The maximum absolute atomic E-state index is 12.7. The highest BCUT2D eigenvalue weighted by Gasteiger charge is 2.36. The van der Waals surface area contributed by atoms with Crippen LogP contribution in [0.1, 0.15) is 29.6 Å². The number of benzene rings is 2. The van der Waals surface area contributed by atoms with Gasteiger partial charge in [-0.25, -0.2) is 4.98 Å². The number of aromatic nitrogens is 3. The van der Waals surface area contributed by atoms with Gasteiger partial charge >= 0.3 is 0 Å². The van der Waals surface area contributed by atoms with Crippen molar-refractivity contribution >= 4 is 28.7 Å². The van der Waals surface area contributed by atoms with Gasteiger partial charge in [-0.15, -0.1) is 0 Å². The molecule has 2 fully saturated rings. The molecule has 1 aliphatic carbocycles. The van der Waals surface area contributed by atoms with Crippen molar-refractivity contribution in [1.82, 2.24) is 19.9 Å². The Morgan fingerprint density at radius 3 is 2.33 bits per heavy atom. The summed E-state index contributed by atoms with van der Waals surface area (Å²) in [7, 11) is 0. The number of fused-ring (bicyclic) bond motifs is 1. The number of β-amino-alcohol motifs (C(OH)–C–C–N with tert-alkyl or cyclic N) is 1. The van der Waals surface area contributed by atoms with E-state index in [9.17, 15) is 20.1 Å². The molecule has 1 aliphatic heterocycles. The predicted molar refractivity (Wildman–Crippen MR) is 147 cm³/mol. The number of nitrogens with zero attached hydrogens (tertiary/aromatic N) is 3. The average Bonchev–Trinajstić information content (AvgIpc) is 3.66. The molecule has 0 bridgehead atoms. The Bertz CT molecular complexity index is 1490. The third-order valence-electron chi connectivity index (χ3n) is 7.66. The van der Waals surface area contributed by atoms with Gasteiger partial charge < -0.3 is 29.9 Å². The van der Waals surface area contributed by atoms with Crippen LogP contribution < -0.4 is 4.74 Å². The van der Waals surface area contributed by atoms with Crippen LogP contribution in [0.4, 0.5) is 0 Å². The van der Waals surface area contributed by atoms with Crippen LogP contribution in [0.25, 0.3) is 33.5 Å². The van der Waals surface area contributed by atoms with Crippen LogP contribution in [0.5, 0.6) is 6.01 Å². The first-order valence-corrected chi connectivity index (χ1v) is 13.5. The van der Waals surface area contributed by atoms with Crippen molar-refractivity contribution in [2.45, 2.75) is 37.6 Å². The molecule has 6 rings (SSSR count). The lowest BCUT2D eigenvalue weighted by molar-refractivity contribution is 0.0155. The summed E-state index contributed by atoms with van der Waals surface area (Å²) in [6.45, 7) is 0.884. The van der Waals surface area contributed by atoms with Crippen LogP contribution >= 0.6 is 11.6 Å². The molecule has 0 spiro atoms. The highest BCUT2D eigenvalue weighted by Crippen LogP contribution is 2.33. The topological polar surface area (TPSA) is 132 Å². The number of aromatic amines is 1. The van der Waals surface area contributed by atoms with E-state index < -0.39 is 18.3 Å². The standard InChI is InChI=1S/C29H29ClN4O5/c30-22-13-23-27(33-29(31-23)39-24-10-9-20(15-35)26(24)37)32-25(22)18-5-1-16(2-6-18)17-3-7-19(8-4-17)28(38)34-12-11-21(36)14-34/h1-8,13,20-21,24,26,35-37H,9-12,14-15H2,(H,31,32,33)/t20-,21-,24-,26-/m1/s1. The molecule has 1 saturated carbocycles. The number of aliphatic hydroxyl groups excluding tert-OH is 3. The minimum atomic E-state index is -0.746. The molecule has 9 nitrogen and oxygen atoms in total. The Morgan fingerprint density at radius 2 is 1.69 bits per heavy atom. The number of pyridine rings is 1. The van der Waals surface area contributed by atoms with Crippen molar-refractivity contribution in [3.63, 3.8) is 0 Å². The third kappa shape index (κ3) is 5.10. The summed E-state index contributed by atoms with van der Waals surface area (Å²) in [6.07, 6.45) is 0.323. The molecule has 1 saturated heterocycles. The molecule has 10 heteroatoms. The highest BCUT2D eigenvalue weighted by atomic mass is 35.5. The fraction of sp³-hybridized carbons (Fsp3) is 0.345. The maximum Gasteiger partial charge on any atom is 0.296 e. The van der Waals surface area contributed by atoms with Crippen molar-refractivity contribution in [3.8, 4) is 28.4 Å². The summed E-state index contributed by atoms with van der Waals surface area (Å²) < 4.78 is 5.87.